The first-order chi connectivity index (χ1) is 12.2. The van der Waals surface area contributed by atoms with E-state index in [0.29, 0.717) is 0 Å². The van der Waals surface area contributed by atoms with Gasteiger partial charge in [-0.15, -0.1) is 0 Å². The molecular formula is C22H50O4Si2. The van der Waals surface area contributed by atoms with Crippen LogP contribution >= 0.6 is 0 Å². The Kier molecular flexibility index (Phi) is 9.70. The summed E-state index contributed by atoms with van der Waals surface area (Å²) in [5.74, 6) is 0. The maximum atomic E-state index is 6.68. The van der Waals surface area contributed by atoms with E-state index in [9.17, 15) is 0 Å². The Morgan fingerprint density at radius 2 is 0.607 bits per heavy atom. The zero-order valence-electron chi connectivity index (χ0n) is 21.5. The highest BCUT2D eigenvalue weighted by Crippen LogP contribution is 2.37. The number of hydrogen-bond donors (Lipinski definition) is 0. The van der Waals surface area contributed by atoms with E-state index in [0.717, 1.165) is 24.2 Å². The average molecular weight is 435 g/mol. The minimum absolute atomic E-state index is 0.236. The molecule has 0 unspecified atom stereocenters. The molecule has 0 radical (unpaired) electrons. The van der Waals surface area contributed by atoms with Crippen molar-refractivity contribution in [1.82, 2.24) is 0 Å². The van der Waals surface area contributed by atoms with E-state index in [2.05, 4.69) is 96.9 Å². The molecule has 0 atom stereocenters. The van der Waals surface area contributed by atoms with E-state index in [4.69, 9.17) is 17.7 Å². The summed E-state index contributed by atoms with van der Waals surface area (Å²) < 4.78 is 26.7. The lowest BCUT2D eigenvalue weighted by atomic mass is 10.2. The van der Waals surface area contributed by atoms with E-state index in [1.807, 2.05) is 0 Å². The molecule has 0 rings (SSSR count). The van der Waals surface area contributed by atoms with Gasteiger partial charge < -0.3 is 17.7 Å². The first-order valence-electron chi connectivity index (χ1n) is 11.0. The Morgan fingerprint density at radius 3 is 0.714 bits per heavy atom. The third-order valence-corrected chi connectivity index (χ3v) is 12.5. The lowest BCUT2D eigenvalue weighted by molar-refractivity contribution is 0.00621. The zero-order valence-corrected chi connectivity index (χ0v) is 23.5. The second kappa shape index (κ2) is 9.60. The van der Waals surface area contributed by atoms with Crippen LogP contribution in [0.2, 0.25) is 24.2 Å². The Labute approximate surface area is 178 Å². The van der Waals surface area contributed by atoms with Crippen molar-refractivity contribution >= 4 is 17.1 Å². The van der Waals surface area contributed by atoms with Gasteiger partial charge >= 0.3 is 17.1 Å². The lowest BCUT2D eigenvalue weighted by Crippen LogP contribution is -2.55. The molecule has 0 aliphatic heterocycles. The van der Waals surface area contributed by atoms with Crippen LogP contribution in [0.5, 0.6) is 0 Å². The molecule has 0 aromatic heterocycles. The summed E-state index contributed by atoms with van der Waals surface area (Å²) in [4.78, 5) is 0. The maximum absolute atomic E-state index is 6.68. The van der Waals surface area contributed by atoms with Gasteiger partial charge in [-0.3, -0.25) is 0 Å². The van der Waals surface area contributed by atoms with Crippen molar-refractivity contribution in [2.75, 3.05) is 0 Å². The van der Waals surface area contributed by atoms with Crippen LogP contribution in [0.4, 0.5) is 0 Å². The molecular weight excluding hydrogens is 384 g/mol. The molecule has 28 heavy (non-hydrogen) atoms. The normalized spacial score (nSPS) is 15.2. The molecule has 0 bridgehead atoms. The summed E-state index contributed by atoms with van der Waals surface area (Å²) in [6.07, 6.45) is 0. The fourth-order valence-corrected chi connectivity index (χ4v) is 12.8. The molecule has 4 nitrogen and oxygen atoms in total. The number of rotatable bonds is 9. The number of hydrogen-bond acceptors (Lipinski definition) is 4. The van der Waals surface area contributed by atoms with Crippen LogP contribution in [0, 0.1) is 0 Å². The van der Waals surface area contributed by atoms with E-state index in [1.54, 1.807) is 0 Å². The van der Waals surface area contributed by atoms with Crippen molar-refractivity contribution in [2.45, 2.75) is 144 Å². The lowest BCUT2D eigenvalue weighted by Gasteiger charge is -2.44. The monoisotopic (exact) mass is 434 g/mol. The van der Waals surface area contributed by atoms with Crippen LogP contribution in [0.15, 0.2) is 0 Å². The summed E-state index contributed by atoms with van der Waals surface area (Å²) in [5, 5.41) is 0. The van der Waals surface area contributed by atoms with Crippen molar-refractivity contribution in [1.29, 1.82) is 0 Å². The van der Waals surface area contributed by atoms with Crippen LogP contribution in [-0.4, -0.2) is 39.5 Å². The van der Waals surface area contributed by atoms with Gasteiger partial charge in [-0.05, 0) is 107 Å². The minimum Gasteiger partial charge on any atom is -0.389 e. The van der Waals surface area contributed by atoms with Gasteiger partial charge in [0.2, 0.25) is 0 Å². The highest BCUT2D eigenvalue weighted by molar-refractivity contribution is 6.73. The molecule has 170 valence electrons. The van der Waals surface area contributed by atoms with Crippen LogP contribution in [0.25, 0.3) is 0 Å². The SMILES string of the molecule is CC[Si](CC[Si](CC)(OC(C)(C)C)OC(C)(C)C)(OC(C)(C)C)OC(C)(C)C. The van der Waals surface area contributed by atoms with Gasteiger partial charge in [-0.25, -0.2) is 0 Å². The molecule has 0 aromatic carbocycles. The van der Waals surface area contributed by atoms with Gasteiger partial charge in [0.15, 0.2) is 0 Å². The molecule has 0 heterocycles. The highest BCUT2D eigenvalue weighted by Gasteiger charge is 2.49. The van der Waals surface area contributed by atoms with Crippen molar-refractivity contribution < 1.29 is 17.7 Å². The zero-order chi connectivity index (χ0) is 22.7. The molecule has 0 aliphatic rings. The van der Waals surface area contributed by atoms with E-state index in [1.165, 1.54) is 0 Å². The molecule has 0 N–H and O–H groups in total. The van der Waals surface area contributed by atoms with Crippen molar-refractivity contribution in [2.24, 2.45) is 0 Å². The van der Waals surface area contributed by atoms with E-state index in [-0.39, 0.29) is 22.4 Å². The van der Waals surface area contributed by atoms with Gasteiger partial charge in [0.05, 0.1) is 22.4 Å². The van der Waals surface area contributed by atoms with Gasteiger partial charge in [0.25, 0.3) is 0 Å². The Morgan fingerprint density at radius 1 is 0.429 bits per heavy atom. The maximum Gasteiger partial charge on any atom is 0.338 e. The summed E-state index contributed by atoms with van der Waals surface area (Å²) in [7, 11) is -4.88. The van der Waals surface area contributed by atoms with Crippen LogP contribution in [-0.2, 0) is 17.7 Å². The second-order valence-electron chi connectivity index (χ2n) is 11.9. The Bertz CT molecular complexity index is 389. The van der Waals surface area contributed by atoms with Crippen molar-refractivity contribution in [3.63, 3.8) is 0 Å². The Balaban J connectivity index is 5.89. The summed E-state index contributed by atoms with van der Waals surface area (Å²) >= 11 is 0. The van der Waals surface area contributed by atoms with Gasteiger partial charge in [-0.1, -0.05) is 13.8 Å². The van der Waals surface area contributed by atoms with Gasteiger partial charge in [0.1, 0.15) is 0 Å². The third-order valence-electron chi connectivity index (χ3n) is 3.93. The summed E-state index contributed by atoms with van der Waals surface area (Å²) in [5.41, 5.74) is -0.946. The predicted octanol–water partition coefficient (Wildman–Crippen LogP) is 7.17. The van der Waals surface area contributed by atoms with Gasteiger partial charge in [-0.2, -0.15) is 0 Å². The van der Waals surface area contributed by atoms with E-state index >= 15 is 0 Å². The molecule has 0 fully saturated rings. The molecule has 0 amide bonds. The molecule has 0 aromatic rings. The van der Waals surface area contributed by atoms with E-state index < -0.39 is 17.1 Å². The van der Waals surface area contributed by atoms with Crippen LogP contribution < -0.4 is 0 Å². The third kappa shape index (κ3) is 12.1. The Hall–Kier alpha value is 0.274. The topological polar surface area (TPSA) is 36.9 Å². The standard InChI is InChI=1S/C22H50O4Si2/c1-15-27(23-19(3,4)5,24-20(6,7)8)17-18-28(16-2,25-21(9,10)11)26-22(12,13)14/h15-18H2,1-14H3. The second-order valence-corrected chi connectivity index (χ2v) is 18.8. The first kappa shape index (κ1) is 28.3. The molecule has 0 spiro atoms. The summed E-state index contributed by atoms with van der Waals surface area (Å²) in [6, 6.07) is 3.62. The fourth-order valence-electron chi connectivity index (χ4n) is 3.50. The molecule has 0 saturated heterocycles. The molecule has 0 aliphatic carbocycles. The van der Waals surface area contributed by atoms with Crippen LogP contribution in [0.3, 0.4) is 0 Å². The van der Waals surface area contributed by atoms with Crippen LogP contribution in [0.1, 0.15) is 96.9 Å². The molecule has 0 saturated carbocycles. The minimum atomic E-state index is -2.44. The smallest absolute Gasteiger partial charge is 0.338 e. The largest absolute Gasteiger partial charge is 0.389 e. The molecule has 6 heteroatoms. The quantitative estimate of drug-likeness (QED) is 0.360. The average Bonchev–Trinajstić information content (AvgIpc) is 2.37. The van der Waals surface area contributed by atoms with Gasteiger partial charge in [0, 0.05) is 0 Å². The fraction of sp³-hybridized carbons (Fsp3) is 1.00. The van der Waals surface area contributed by atoms with Crippen molar-refractivity contribution in [3.05, 3.63) is 0 Å². The summed E-state index contributed by atoms with van der Waals surface area (Å²) in [6.45, 7) is 29.9. The van der Waals surface area contributed by atoms with Crippen molar-refractivity contribution in [3.8, 4) is 0 Å². The predicted molar refractivity (Wildman–Crippen MR) is 125 cm³/mol. The first-order valence-corrected chi connectivity index (χ1v) is 15.4. The highest BCUT2D eigenvalue weighted by atomic mass is 28.4.